The van der Waals surface area contributed by atoms with Crippen molar-refractivity contribution in [3.05, 3.63) is 29.6 Å². The molecular weight excluding hydrogens is 321 g/mol. The Hall–Kier alpha value is -1.53. The minimum atomic E-state index is -3.88. The number of morpholine rings is 1. The second-order valence-corrected chi connectivity index (χ2v) is 7.75. The highest BCUT2D eigenvalue weighted by atomic mass is 32.2. The smallest absolute Gasteiger partial charge is 0.244 e. The van der Waals surface area contributed by atoms with Crippen LogP contribution in [0.3, 0.4) is 0 Å². The number of benzene rings is 1. The summed E-state index contributed by atoms with van der Waals surface area (Å²) in [6.07, 6.45) is 0.627. The van der Waals surface area contributed by atoms with E-state index in [4.69, 9.17) is 10.00 Å². The SMILES string of the molecule is CN1CC[C@H]2OCCN(S(=O)(=O)c3ccc(F)cc3C#N)[C@@H]2C1. The third kappa shape index (κ3) is 2.97. The average molecular weight is 339 g/mol. The summed E-state index contributed by atoms with van der Waals surface area (Å²) < 4.78 is 46.5. The van der Waals surface area contributed by atoms with Crippen molar-refractivity contribution < 1.29 is 17.5 Å². The predicted molar refractivity (Wildman–Crippen MR) is 80.6 cm³/mol. The van der Waals surface area contributed by atoms with Gasteiger partial charge in [0.05, 0.1) is 24.3 Å². The molecule has 3 rings (SSSR count). The predicted octanol–water partition coefficient (Wildman–Crippen LogP) is 0.791. The second-order valence-electron chi connectivity index (χ2n) is 5.90. The van der Waals surface area contributed by atoms with Crippen molar-refractivity contribution in [1.82, 2.24) is 9.21 Å². The highest BCUT2D eigenvalue weighted by Gasteiger charge is 2.42. The highest BCUT2D eigenvalue weighted by molar-refractivity contribution is 7.89. The van der Waals surface area contributed by atoms with E-state index < -0.39 is 15.8 Å². The van der Waals surface area contributed by atoms with Crippen LogP contribution in [0.2, 0.25) is 0 Å². The quantitative estimate of drug-likeness (QED) is 0.796. The Morgan fingerprint density at radius 1 is 1.39 bits per heavy atom. The summed E-state index contributed by atoms with van der Waals surface area (Å²) in [6, 6.07) is 4.68. The molecule has 23 heavy (non-hydrogen) atoms. The minimum Gasteiger partial charge on any atom is -0.375 e. The molecule has 2 aliphatic rings. The van der Waals surface area contributed by atoms with E-state index in [0.717, 1.165) is 25.1 Å². The Labute approximate surface area is 135 Å². The van der Waals surface area contributed by atoms with Gasteiger partial charge in [0.15, 0.2) is 0 Å². The molecule has 0 amide bonds. The molecule has 0 spiro atoms. The lowest BCUT2D eigenvalue weighted by atomic mass is 10.0. The monoisotopic (exact) mass is 339 g/mol. The molecule has 1 aromatic rings. The zero-order chi connectivity index (χ0) is 16.6. The van der Waals surface area contributed by atoms with Gasteiger partial charge in [-0.1, -0.05) is 0 Å². The number of nitrogens with zero attached hydrogens (tertiary/aromatic N) is 3. The second kappa shape index (κ2) is 6.17. The summed E-state index contributed by atoms with van der Waals surface area (Å²) >= 11 is 0. The fourth-order valence-electron chi connectivity index (χ4n) is 3.24. The third-order valence-corrected chi connectivity index (χ3v) is 6.37. The van der Waals surface area contributed by atoms with Gasteiger partial charge in [0, 0.05) is 19.6 Å². The average Bonchev–Trinajstić information content (AvgIpc) is 2.53. The van der Waals surface area contributed by atoms with Gasteiger partial charge in [-0.2, -0.15) is 9.57 Å². The largest absolute Gasteiger partial charge is 0.375 e. The summed E-state index contributed by atoms with van der Waals surface area (Å²) in [5.74, 6) is -0.627. The molecule has 0 aliphatic carbocycles. The standard InChI is InChI=1S/C15H18FN3O3S/c1-18-5-4-14-13(10-18)19(6-7-22-14)23(20,21)15-3-2-12(16)8-11(15)9-17/h2-3,8,13-14H,4-7,10H2,1H3/t13-,14-/m1/s1. The van der Waals surface area contributed by atoms with Crippen molar-refractivity contribution in [2.45, 2.75) is 23.5 Å². The molecule has 0 unspecified atom stereocenters. The van der Waals surface area contributed by atoms with E-state index in [1.807, 2.05) is 7.05 Å². The van der Waals surface area contributed by atoms with Crippen LogP contribution < -0.4 is 0 Å². The van der Waals surface area contributed by atoms with Crippen LogP contribution in [0.1, 0.15) is 12.0 Å². The molecule has 0 radical (unpaired) electrons. The highest BCUT2D eigenvalue weighted by Crippen LogP contribution is 2.29. The van der Waals surface area contributed by atoms with Crippen molar-refractivity contribution in [3.8, 4) is 6.07 Å². The van der Waals surface area contributed by atoms with Gasteiger partial charge in [0.2, 0.25) is 10.0 Å². The van der Waals surface area contributed by atoms with E-state index in [1.165, 1.54) is 10.4 Å². The van der Waals surface area contributed by atoms with Gasteiger partial charge >= 0.3 is 0 Å². The van der Waals surface area contributed by atoms with Crippen LogP contribution >= 0.6 is 0 Å². The maximum Gasteiger partial charge on any atom is 0.244 e. The van der Waals surface area contributed by atoms with Gasteiger partial charge in [-0.05, 0) is 31.7 Å². The number of piperidine rings is 1. The van der Waals surface area contributed by atoms with Crippen molar-refractivity contribution in [3.63, 3.8) is 0 Å². The Balaban J connectivity index is 2.00. The fraction of sp³-hybridized carbons (Fsp3) is 0.533. The van der Waals surface area contributed by atoms with Crippen LogP contribution in [0.5, 0.6) is 0 Å². The van der Waals surface area contributed by atoms with E-state index in [-0.39, 0.29) is 29.1 Å². The van der Waals surface area contributed by atoms with Crippen LogP contribution in [0.25, 0.3) is 0 Å². The lowest BCUT2D eigenvalue weighted by Gasteiger charge is -2.45. The Morgan fingerprint density at radius 3 is 2.91 bits per heavy atom. The number of fused-ring (bicyclic) bond motifs is 1. The van der Waals surface area contributed by atoms with Crippen molar-refractivity contribution in [1.29, 1.82) is 5.26 Å². The first-order valence-electron chi connectivity index (χ1n) is 7.45. The molecule has 0 N–H and O–H groups in total. The van der Waals surface area contributed by atoms with E-state index >= 15 is 0 Å². The maximum absolute atomic E-state index is 13.3. The van der Waals surface area contributed by atoms with Crippen LogP contribution in [0.15, 0.2) is 23.1 Å². The zero-order valence-corrected chi connectivity index (χ0v) is 13.6. The first-order valence-corrected chi connectivity index (χ1v) is 8.89. The number of hydrogen-bond donors (Lipinski definition) is 0. The summed E-state index contributed by atoms with van der Waals surface area (Å²) in [7, 11) is -1.94. The molecule has 0 aromatic heterocycles. The molecule has 1 aromatic carbocycles. The van der Waals surface area contributed by atoms with Crippen LogP contribution in [-0.4, -0.2) is 63.1 Å². The number of nitriles is 1. The number of sulfonamides is 1. The van der Waals surface area contributed by atoms with Crippen molar-refractivity contribution in [2.75, 3.05) is 33.3 Å². The Kier molecular flexibility index (Phi) is 4.38. The number of likely N-dealkylation sites (tertiary alicyclic amines) is 1. The van der Waals surface area contributed by atoms with Crippen molar-refractivity contribution >= 4 is 10.0 Å². The lowest BCUT2D eigenvalue weighted by Crippen LogP contribution is -2.60. The van der Waals surface area contributed by atoms with Gasteiger partial charge < -0.3 is 9.64 Å². The van der Waals surface area contributed by atoms with Gasteiger partial charge in [-0.25, -0.2) is 12.8 Å². The van der Waals surface area contributed by atoms with Gasteiger partial charge in [-0.15, -0.1) is 0 Å². The number of hydrogen-bond acceptors (Lipinski definition) is 5. The fourth-order valence-corrected chi connectivity index (χ4v) is 4.99. The molecule has 0 bridgehead atoms. The van der Waals surface area contributed by atoms with Gasteiger partial charge in [-0.3, -0.25) is 0 Å². The van der Waals surface area contributed by atoms with E-state index in [1.54, 1.807) is 6.07 Å². The number of rotatable bonds is 2. The molecule has 0 saturated carbocycles. The molecule has 2 aliphatic heterocycles. The van der Waals surface area contributed by atoms with Gasteiger partial charge in [0.1, 0.15) is 16.8 Å². The van der Waals surface area contributed by atoms with E-state index in [0.29, 0.717) is 13.2 Å². The van der Waals surface area contributed by atoms with Gasteiger partial charge in [0.25, 0.3) is 0 Å². The summed E-state index contributed by atoms with van der Waals surface area (Å²) in [4.78, 5) is 1.92. The molecule has 2 fully saturated rings. The summed E-state index contributed by atoms with van der Waals surface area (Å²) in [5.41, 5.74) is -0.169. The lowest BCUT2D eigenvalue weighted by molar-refractivity contribution is -0.0719. The first-order chi connectivity index (χ1) is 10.9. The molecule has 6 nitrogen and oxygen atoms in total. The zero-order valence-electron chi connectivity index (χ0n) is 12.8. The number of halogens is 1. The van der Waals surface area contributed by atoms with Crippen LogP contribution in [0.4, 0.5) is 4.39 Å². The molecular formula is C15H18FN3O3S. The van der Waals surface area contributed by atoms with Crippen LogP contribution in [-0.2, 0) is 14.8 Å². The molecule has 124 valence electrons. The van der Waals surface area contributed by atoms with Crippen molar-refractivity contribution in [2.24, 2.45) is 0 Å². The Bertz CT molecular complexity index is 747. The van der Waals surface area contributed by atoms with Crippen LogP contribution in [0, 0.1) is 17.1 Å². The Morgan fingerprint density at radius 2 is 2.17 bits per heavy atom. The number of likely N-dealkylation sites (N-methyl/N-ethyl adjacent to an activating group) is 1. The molecule has 2 saturated heterocycles. The summed E-state index contributed by atoms with van der Waals surface area (Å²) in [5, 5.41) is 9.15. The molecule has 8 heteroatoms. The van der Waals surface area contributed by atoms with E-state index in [9.17, 15) is 12.8 Å². The summed E-state index contributed by atoms with van der Waals surface area (Å²) in [6.45, 7) is 1.99. The first kappa shape index (κ1) is 16.3. The maximum atomic E-state index is 13.3. The third-order valence-electron chi connectivity index (χ3n) is 4.39. The topological polar surface area (TPSA) is 73.6 Å². The van der Waals surface area contributed by atoms with E-state index in [2.05, 4.69) is 4.90 Å². The molecule has 2 heterocycles. The minimum absolute atomic E-state index is 0.138. The molecule has 2 atom stereocenters. The number of ether oxygens (including phenoxy) is 1. The normalized spacial score (nSPS) is 26.5.